The SMILES string of the molecule is [C-]#[N+]c1cc(C#N)c(-n2c3ccc(-c4ccc5oc6ccccc6c5c4)cc3c3c4oc5ccccc5c4ccc32)c(-n2c3ccc(-c4ccc5oc6ccccc6c5c4)cc3c3c4oc5ccccc5c4ccc32)c1. The lowest BCUT2D eigenvalue weighted by Gasteiger charge is -2.19. The quantitative estimate of drug-likeness (QED) is 0.164. The fourth-order valence-electron chi connectivity index (χ4n) is 12.4. The average molecular weight is 971 g/mol. The van der Waals surface area contributed by atoms with E-state index in [4.69, 9.17) is 24.2 Å². The van der Waals surface area contributed by atoms with Crippen molar-refractivity contribution in [3.8, 4) is 39.7 Å². The van der Waals surface area contributed by atoms with E-state index in [1.54, 1.807) is 6.07 Å². The van der Waals surface area contributed by atoms with Gasteiger partial charge in [0, 0.05) is 53.9 Å². The summed E-state index contributed by atoms with van der Waals surface area (Å²) in [6.07, 6.45) is 0. The summed E-state index contributed by atoms with van der Waals surface area (Å²) in [6.45, 7) is 8.45. The second-order valence-corrected chi connectivity index (χ2v) is 19.7. The van der Waals surface area contributed by atoms with Crippen molar-refractivity contribution in [3.05, 3.63) is 223 Å². The largest absolute Gasteiger partial charge is 0.456 e. The molecule has 8 nitrogen and oxygen atoms in total. The molecule has 0 fully saturated rings. The lowest BCUT2D eigenvalue weighted by atomic mass is 10.00. The monoisotopic (exact) mass is 970 g/mol. The van der Waals surface area contributed by atoms with E-state index in [1.807, 2.05) is 84.9 Å². The topological polar surface area (TPSA) is 90.6 Å². The molecule has 17 rings (SSSR count). The van der Waals surface area contributed by atoms with Crippen LogP contribution < -0.4 is 0 Å². The number of rotatable bonds is 4. The Hall–Kier alpha value is -10.8. The maximum absolute atomic E-state index is 11.4. The molecule has 6 aromatic heterocycles. The summed E-state index contributed by atoms with van der Waals surface area (Å²) in [6, 6.07) is 73.2. The van der Waals surface area contributed by atoms with Crippen LogP contribution in [0.5, 0.6) is 0 Å². The average Bonchev–Trinajstić information content (AvgIpc) is 4.46. The molecule has 17 aromatic rings. The molecule has 6 heterocycles. The maximum Gasteiger partial charge on any atom is 0.190 e. The highest BCUT2D eigenvalue weighted by Crippen LogP contribution is 2.48. The third-order valence-electron chi connectivity index (χ3n) is 15.8. The molecule has 0 N–H and O–H groups in total. The fourth-order valence-corrected chi connectivity index (χ4v) is 12.4. The van der Waals surface area contributed by atoms with Crippen molar-refractivity contribution in [2.75, 3.05) is 0 Å². The molecular formula is C68H34N4O4. The molecule has 0 saturated carbocycles. The Kier molecular flexibility index (Phi) is 7.99. The van der Waals surface area contributed by atoms with Crippen LogP contribution in [-0.4, -0.2) is 9.13 Å². The molecule has 0 saturated heterocycles. The summed E-state index contributed by atoms with van der Waals surface area (Å²) in [5.41, 5.74) is 16.1. The van der Waals surface area contributed by atoms with Crippen molar-refractivity contribution < 1.29 is 17.7 Å². The Balaban J connectivity index is 0.975. The highest BCUT2D eigenvalue weighted by Gasteiger charge is 2.27. The third-order valence-corrected chi connectivity index (χ3v) is 15.8. The van der Waals surface area contributed by atoms with Crippen LogP contribution in [0.3, 0.4) is 0 Å². The molecule has 0 spiro atoms. The molecule has 0 aliphatic rings. The molecule has 0 radical (unpaired) electrons. The van der Waals surface area contributed by atoms with Gasteiger partial charge in [-0.25, -0.2) is 4.85 Å². The minimum absolute atomic E-state index is 0.345. The number of furan rings is 4. The first kappa shape index (κ1) is 40.8. The van der Waals surface area contributed by atoms with E-state index in [9.17, 15) is 5.26 Å². The molecule has 11 aromatic carbocycles. The van der Waals surface area contributed by atoms with Gasteiger partial charge in [-0.1, -0.05) is 97.1 Å². The van der Waals surface area contributed by atoms with Crippen LogP contribution in [0.4, 0.5) is 5.69 Å². The van der Waals surface area contributed by atoms with Crippen LogP contribution in [0.2, 0.25) is 0 Å². The lowest BCUT2D eigenvalue weighted by molar-refractivity contribution is 0.668. The number of hydrogen-bond acceptors (Lipinski definition) is 5. The zero-order valence-electron chi connectivity index (χ0n) is 40.1. The van der Waals surface area contributed by atoms with Crippen molar-refractivity contribution in [1.82, 2.24) is 9.13 Å². The van der Waals surface area contributed by atoms with Gasteiger partial charge in [0.15, 0.2) is 5.69 Å². The van der Waals surface area contributed by atoms with Crippen molar-refractivity contribution in [2.45, 2.75) is 0 Å². The second kappa shape index (κ2) is 14.9. The van der Waals surface area contributed by atoms with E-state index in [1.165, 1.54) is 0 Å². The van der Waals surface area contributed by atoms with Crippen LogP contribution in [0.1, 0.15) is 5.56 Å². The van der Waals surface area contributed by atoms with Crippen molar-refractivity contribution in [3.63, 3.8) is 0 Å². The van der Waals surface area contributed by atoms with Gasteiger partial charge in [0.1, 0.15) is 50.7 Å². The molecule has 0 atom stereocenters. The summed E-state index contributed by atoms with van der Waals surface area (Å²) < 4.78 is 30.7. The molecule has 350 valence electrons. The van der Waals surface area contributed by atoms with Gasteiger partial charge < -0.3 is 26.8 Å². The molecule has 0 aliphatic carbocycles. The number of fused-ring (bicyclic) bond motifs is 20. The van der Waals surface area contributed by atoms with Gasteiger partial charge in [0.2, 0.25) is 0 Å². The number of benzene rings is 11. The van der Waals surface area contributed by atoms with E-state index in [-0.39, 0.29) is 0 Å². The maximum atomic E-state index is 11.4. The number of nitriles is 1. The Morgan fingerprint density at radius 2 is 0.750 bits per heavy atom. The van der Waals surface area contributed by atoms with Gasteiger partial charge in [-0.3, -0.25) is 0 Å². The van der Waals surface area contributed by atoms with E-state index < -0.39 is 0 Å². The van der Waals surface area contributed by atoms with Crippen molar-refractivity contribution in [1.29, 1.82) is 5.26 Å². The Bertz CT molecular complexity index is 5520. The van der Waals surface area contributed by atoms with Gasteiger partial charge in [-0.05, 0) is 131 Å². The number of para-hydroxylation sites is 4. The Morgan fingerprint density at radius 3 is 1.24 bits per heavy atom. The Labute approximate surface area is 430 Å². The van der Waals surface area contributed by atoms with E-state index in [0.717, 1.165) is 154 Å². The fraction of sp³-hybridized carbons (Fsp3) is 0. The molecule has 0 unspecified atom stereocenters. The summed E-state index contributed by atoms with van der Waals surface area (Å²) in [4.78, 5) is 4.01. The molecule has 8 heteroatoms. The normalized spacial score (nSPS) is 12.2. The van der Waals surface area contributed by atoms with Crippen LogP contribution in [0.15, 0.2) is 224 Å². The second-order valence-electron chi connectivity index (χ2n) is 19.7. The Morgan fingerprint density at radius 1 is 0.355 bits per heavy atom. The lowest BCUT2D eigenvalue weighted by Crippen LogP contribution is -2.06. The summed E-state index contributed by atoms with van der Waals surface area (Å²) in [5, 5.41) is 23.4. The van der Waals surface area contributed by atoms with Gasteiger partial charge in [0.25, 0.3) is 0 Å². The van der Waals surface area contributed by atoms with E-state index >= 15 is 0 Å². The molecule has 0 bridgehead atoms. The molecular weight excluding hydrogens is 937 g/mol. The van der Waals surface area contributed by atoms with E-state index in [2.05, 4.69) is 135 Å². The highest BCUT2D eigenvalue weighted by molar-refractivity contribution is 6.26. The minimum atomic E-state index is 0.345. The van der Waals surface area contributed by atoms with Gasteiger partial charge in [0.05, 0.1) is 56.3 Å². The molecule has 76 heavy (non-hydrogen) atoms. The van der Waals surface area contributed by atoms with Gasteiger partial charge in [-0.2, -0.15) is 5.26 Å². The van der Waals surface area contributed by atoms with Crippen LogP contribution in [0.25, 0.3) is 170 Å². The first-order valence-electron chi connectivity index (χ1n) is 25.1. The zero-order chi connectivity index (χ0) is 49.9. The highest BCUT2D eigenvalue weighted by atomic mass is 16.3. The van der Waals surface area contributed by atoms with E-state index in [0.29, 0.717) is 22.6 Å². The van der Waals surface area contributed by atoms with Crippen LogP contribution in [-0.2, 0) is 0 Å². The zero-order valence-corrected chi connectivity index (χ0v) is 40.1. The summed E-state index contributed by atoms with van der Waals surface area (Å²) >= 11 is 0. The predicted molar refractivity (Wildman–Crippen MR) is 306 cm³/mol. The standard InChI is InChI=1S/C68H34N4O4/c1-70-42-30-41(36-69)66(72-54-25-19-38(40-21-29-63-50(32-40)46-13-5-7-15-59(46)74-63)34-52(54)65-56(72)27-23-48-44-11-3-9-17-61(44)76-68(48)65)57(35-42)71-53-24-18-37(39-20-28-62-49(31-39)45-12-4-6-14-58(45)73-62)33-51(53)64-55(71)26-22-47-43-10-2-8-16-60(43)75-67(47)64/h2-35H. The first-order valence-corrected chi connectivity index (χ1v) is 25.1. The van der Waals surface area contributed by atoms with Gasteiger partial charge in [-0.15, -0.1) is 0 Å². The third kappa shape index (κ3) is 5.48. The van der Waals surface area contributed by atoms with Crippen LogP contribution >= 0.6 is 0 Å². The first-order chi connectivity index (χ1) is 37.6. The summed E-state index contributed by atoms with van der Waals surface area (Å²) in [7, 11) is 0. The molecule has 0 amide bonds. The van der Waals surface area contributed by atoms with Crippen molar-refractivity contribution >= 4 is 137 Å². The number of aromatic nitrogens is 2. The van der Waals surface area contributed by atoms with Crippen molar-refractivity contribution in [2.24, 2.45) is 0 Å². The number of nitrogens with zero attached hydrogens (tertiary/aromatic N) is 4. The molecule has 0 aliphatic heterocycles. The smallest absolute Gasteiger partial charge is 0.190 e. The predicted octanol–water partition coefficient (Wildman–Crippen LogP) is 19.2. The van der Waals surface area contributed by atoms with Crippen LogP contribution in [0, 0.1) is 17.9 Å². The summed E-state index contributed by atoms with van der Waals surface area (Å²) in [5.74, 6) is 0. The number of hydrogen-bond donors (Lipinski definition) is 0. The minimum Gasteiger partial charge on any atom is -0.456 e. The van der Waals surface area contributed by atoms with Gasteiger partial charge >= 0.3 is 0 Å².